The van der Waals surface area contributed by atoms with Crippen LogP contribution >= 0.6 is 0 Å². The lowest BCUT2D eigenvalue weighted by atomic mass is 10.1. The third kappa shape index (κ3) is 3.77. The number of nitrogens with one attached hydrogen (secondary N) is 1. The molecule has 3 unspecified atom stereocenters. The summed E-state index contributed by atoms with van der Waals surface area (Å²) in [5.74, 6) is 0.0116. The van der Waals surface area contributed by atoms with Crippen LogP contribution in [0.3, 0.4) is 0 Å². The van der Waals surface area contributed by atoms with Gasteiger partial charge in [-0.25, -0.2) is 4.39 Å². The van der Waals surface area contributed by atoms with E-state index in [9.17, 15) is 14.3 Å². The number of aliphatic hydroxyl groups excluding tert-OH is 1. The molecule has 0 spiro atoms. The molecule has 1 aliphatic rings. The molecule has 0 heterocycles. The second kappa shape index (κ2) is 6.15. The van der Waals surface area contributed by atoms with Gasteiger partial charge in [0, 0.05) is 12.5 Å². The van der Waals surface area contributed by atoms with Crippen LogP contribution in [0.25, 0.3) is 0 Å². The van der Waals surface area contributed by atoms with E-state index in [-0.39, 0.29) is 29.7 Å². The SMILES string of the molecule is CCC(O)CCNC(=O)C1CC1c1ccc(F)cc1. The molecule has 19 heavy (non-hydrogen) atoms. The Morgan fingerprint density at radius 1 is 1.47 bits per heavy atom. The van der Waals surface area contributed by atoms with Gasteiger partial charge in [-0.05, 0) is 42.9 Å². The van der Waals surface area contributed by atoms with Crippen LogP contribution in [0.1, 0.15) is 37.7 Å². The van der Waals surface area contributed by atoms with Crippen molar-refractivity contribution in [3.8, 4) is 0 Å². The maximum atomic E-state index is 12.8. The third-order valence-electron chi connectivity index (χ3n) is 3.67. The Labute approximate surface area is 112 Å². The first-order valence-corrected chi connectivity index (χ1v) is 6.83. The van der Waals surface area contributed by atoms with Gasteiger partial charge in [0.25, 0.3) is 0 Å². The van der Waals surface area contributed by atoms with Crippen molar-refractivity contribution in [2.75, 3.05) is 6.54 Å². The first kappa shape index (κ1) is 14.0. The lowest BCUT2D eigenvalue weighted by Gasteiger charge is -2.08. The normalized spacial score (nSPS) is 22.9. The van der Waals surface area contributed by atoms with Crippen molar-refractivity contribution in [3.05, 3.63) is 35.6 Å². The summed E-state index contributed by atoms with van der Waals surface area (Å²) in [4.78, 5) is 11.9. The Balaban J connectivity index is 1.76. The third-order valence-corrected chi connectivity index (χ3v) is 3.67. The molecule has 0 radical (unpaired) electrons. The van der Waals surface area contributed by atoms with Crippen molar-refractivity contribution in [1.29, 1.82) is 0 Å². The van der Waals surface area contributed by atoms with E-state index < -0.39 is 0 Å². The minimum atomic E-state index is -0.340. The van der Waals surface area contributed by atoms with Crippen LogP contribution in [-0.4, -0.2) is 23.7 Å². The number of hydrogen-bond acceptors (Lipinski definition) is 2. The molecule has 1 fully saturated rings. The van der Waals surface area contributed by atoms with E-state index in [0.29, 0.717) is 19.4 Å². The van der Waals surface area contributed by atoms with Gasteiger partial charge in [-0.2, -0.15) is 0 Å². The number of rotatable bonds is 6. The number of benzene rings is 1. The maximum Gasteiger partial charge on any atom is 0.223 e. The fourth-order valence-corrected chi connectivity index (χ4v) is 2.26. The molecule has 1 aromatic carbocycles. The Kier molecular flexibility index (Phi) is 4.53. The number of halogens is 1. The molecule has 1 aromatic rings. The molecule has 104 valence electrons. The zero-order valence-corrected chi connectivity index (χ0v) is 11.1. The molecule has 3 atom stereocenters. The smallest absolute Gasteiger partial charge is 0.223 e. The maximum absolute atomic E-state index is 12.8. The predicted molar refractivity (Wildman–Crippen MR) is 71.2 cm³/mol. The van der Waals surface area contributed by atoms with Crippen molar-refractivity contribution in [1.82, 2.24) is 5.32 Å². The van der Waals surface area contributed by atoms with E-state index in [1.165, 1.54) is 12.1 Å². The highest BCUT2D eigenvalue weighted by Crippen LogP contribution is 2.47. The van der Waals surface area contributed by atoms with E-state index in [1.54, 1.807) is 12.1 Å². The molecule has 1 amide bonds. The van der Waals surface area contributed by atoms with Gasteiger partial charge in [-0.1, -0.05) is 19.1 Å². The summed E-state index contributed by atoms with van der Waals surface area (Å²) >= 11 is 0. The average Bonchev–Trinajstić information content (AvgIpc) is 3.19. The zero-order chi connectivity index (χ0) is 13.8. The average molecular weight is 265 g/mol. The molecule has 0 bridgehead atoms. The van der Waals surface area contributed by atoms with Gasteiger partial charge in [0.05, 0.1) is 6.10 Å². The molecule has 2 N–H and O–H groups in total. The van der Waals surface area contributed by atoms with Gasteiger partial charge in [-0.3, -0.25) is 4.79 Å². The summed E-state index contributed by atoms with van der Waals surface area (Å²) in [6.45, 7) is 2.43. The predicted octanol–water partition coefficient (Wildman–Crippen LogP) is 2.21. The molecular formula is C15H20FNO2. The quantitative estimate of drug-likeness (QED) is 0.828. The van der Waals surface area contributed by atoms with Gasteiger partial charge in [0.15, 0.2) is 0 Å². The minimum Gasteiger partial charge on any atom is -0.393 e. The summed E-state index contributed by atoms with van der Waals surface area (Å²) in [6.07, 6.45) is 1.79. The highest BCUT2D eigenvalue weighted by atomic mass is 19.1. The molecule has 4 heteroatoms. The second-order valence-corrected chi connectivity index (χ2v) is 5.14. The molecule has 0 aliphatic heterocycles. The van der Waals surface area contributed by atoms with Crippen molar-refractivity contribution in [2.24, 2.45) is 5.92 Å². The van der Waals surface area contributed by atoms with Crippen molar-refractivity contribution >= 4 is 5.91 Å². The molecule has 0 saturated heterocycles. The Hall–Kier alpha value is -1.42. The topological polar surface area (TPSA) is 49.3 Å². The fourth-order valence-electron chi connectivity index (χ4n) is 2.26. The lowest BCUT2D eigenvalue weighted by Crippen LogP contribution is -2.28. The first-order valence-electron chi connectivity index (χ1n) is 6.83. The molecule has 0 aromatic heterocycles. The summed E-state index contributed by atoms with van der Waals surface area (Å²) in [7, 11) is 0. The van der Waals surface area contributed by atoms with Crippen LogP contribution in [0.15, 0.2) is 24.3 Å². The molecule has 2 rings (SSSR count). The van der Waals surface area contributed by atoms with Gasteiger partial charge in [0.1, 0.15) is 5.82 Å². The fraction of sp³-hybridized carbons (Fsp3) is 0.533. The van der Waals surface area contributed by atoms with E-state index in [4.69, 9.17) is 0 Å². The molecule has 1 aliphatic carbocycles. The molecular weight excluding hydrogens is 245 g/mol. The Bertz CT molecular complexity index is 432. The summed E-state index contributed by atoms with van der Waals surface area (Å²) < 4.78 is 12.8. The van der Waals surface area contributed by atoms with Crippen LogP contribution in [0, 0.1) is 11.7 Å². The Morgan fingerprint density at radius 2 is 2.16 bits per heavy atom. The van der Waals surface area contributed by atoms with Gasteiger partial charge in [-0.15, -0.1) is 0 Å². The standard InChI is InChI=1S/C15H20FNO2/c1-2-12(18)7-8-17-15(19)14-9-13(14)10-3-5-11(16)6-4-10/h3-6,12-14,18H,2,7-9H2,1H3,(H,17,19). The van der Waals surface area contributed by atoms with E-state index >= 15 is 0 Å². The van der Waals surface area contributed by atoms with Crippen molar-refractivity contribution in [3.63, 3.8) is 0 Å². The number of aliphatic hydroxyl groups is 1. The number of amides is 1. The summed E-state index contributed by atoms with van der Waals surface area (Å²) in [6, 6.07) is 6.35. The summed E-state index contributed by atoms with van der Waals surface area (Å²) in [5, 5.41) is 12.2. The van der Waals surface area contributed by atoms with Crippen LogP contribution in [0.5, 0.6) is 0 Å². The van der Waals surface area contributed by atoms with Gasteiger partial charge >= 0.3 is 0 Å². The molecule has 3 nitrogen and oxygen atoms in total. The monoisotopic (exact) mass is 265 g/mol. The highest BCUT2D eigenvalue weighted by Gasteiger charge is 2.43. The second-order valence-electron chi connectivity index (χ2n) is 5.14. The lowest BCUT2D eigenvalue weighted by molar-refractivity contribution is -0.122. The number of carbonyl (C=O) groups is 1. The molecule has 1 saturated carbocycles. The zero-order valence-electron chi connectivity index (χ0n) is 11.1. The van der Waals surface area contributed by atoms with Crippen LogP contribution < -0.4 is 5.32 Å². The van der Waals surface area contributed by atoms with Gasteiger partial charge in [0.2, 0.25) is 5.91 Å². The van der Waals surface area contributed by atoms with Crippen molar-refractivity contribution in [2.45, 2.75) is 38.2 Å². The first-order chi connectivity index (χ1) is 9.11. The largest absolute Gasteiger partial charge is 0.393 e. The minimum absolute atomic E-state index is 0.00392. The summed E-state index contributed by atoms with van der Waals surface area (Å²) in [5.41, 5.74) is 1.02. The number of hydrogen-bond donors (Lipinski definition) is 2. The highest BCUT2D eigenvalue weighted by molar-refractivity contribution is 5.82. The number of carbonyl (C=O) groups excluding carboxylic acids is 1. The van der Waals surface area contributed by atoms with E-state index in [1.807, 2.05) is 6.92 Å². The Morgan fingerprint density at radius 3 is 2.79 bits per heavy atom. The van der Waals surface area contributed by atoms with Gasteiger partial charge < -0.3 is 10.4 Å². The van der Waals surface area contributed by atoms with E-state index in [2.05, 4.69) is 5.32 Å². The van der Waals surface area contributed by atoms with E-state index in [0.717, 1.165) is 12.0 Å². The van der Waals surface area contributed by atoms with Crippen molar-refractivity contribution < 1.29 is 14.3 Å². The van der Waals surface area contributed by atoms with Crippen LogP contribution in [0.2, 0.25) is 0 Å². The van der Waals surface area contributed by atoms with Crippen LogP contribution in [0.4, 0.5) is 4.39 Å². The van der Waals surface area contributed by atoms with Crippen LogP contribution in [-0.2, 0) is 4.79 Å².